The van der Waals surface area contributed by atoms with E-state index in [1.54, 1.807) is 22.9 Å². The number of hydrogen-bond donors (Lipinski definition) is 1. The molecule has 5 nitrogen and oxygen atoms in total. The molecule has 1 N–H and O–H groups in total. The first-order chi connectivity index (χ1) is 11.0. The highest BCUT2D eigenvalue weighted by Gasteiger charge is 2.13. The molecule has 2 aromatic carbocycles. The van der Waals surface area contributed by atoms with E-state index in [0.29, 0.717) is 17.1 Å². The zero-order valence-corrected chi connectivity index (χ0v) is 12.5. The molecular formula is C16H14F2N4O. The minimum atomic E-state index is -0.829. The summed E-state index contributed by atoms with van der Waals surface area (Å²) >= 11 is 0. The Kier molecular flexibility index (Phi) is 3.77. The molecule has 3 rings (SSSR count). The number of aromatic nitrogens is 3. The van der Waals surface area contributed by atoms with Gasteiger partial charge in [-0.15, -0.1) is 5.10 Å². The molecule has 0 saturated carbocycles. The molecule has 0 aliphatic heterocycles. The van der Waals surface area contributed by atoms with Gasteiger partial charge in [0.25, 0.3) is 5.91 Å². The Bertz CT molecular complexity index is 889. The number of hydrogen-bond acceptors (Lipinski definition) is 3. The van der Waals surface area contributed by atoms with E-state index in [9.17, 15) is 13.6 Å². The lowest BCUT2D eigenvalue weighted by atomic mass is 10.1. The first-order valence-corrected chi connectivity index (χ1v) is 7.07. The number of carbonyl (C=O) groups excluding carboxylic acids is 1. The van der Waals surface area contributed by atoms with Crippen molar-refractivity contribution in [2.75, 3.05) is 5.32 Å². The van der Waals surface area contributed by atoms with Crippen LogP contribution in [-0.4, -0.2) is 20.9 Å². The maximum Gasteiger partial charge on any atom is 0.255 e. The summed E-state index contributed by atoms with van der Waals surface area (Å²) in [6.07, 6.45) is 0. The lowest BCUT2D eigenvalue weighted by Crippen LogP contribution is -2.13. The van der Waals surface area contributed by atoms with Crippen molar-refractivity contribution in [2.24, 2.45) is 0 Å². The van der Waals surface area contributed by atoms with E-state index in [0.717, 1.165) is 11.6 Å². The molecule has 0 spiro atoms. The standard InChI is InChI=1S/C16H14F2N4O/c1-9(2)22-15-6-3-10(7-14(15)20-21-22)16(23)19-13-5-4-11(17)8-12(13)18/h3-9H,1-2H3,(H,19,23). The number of halogens is 2. The summed E-state index contributed by atoms with van der Waals surface area (Å²) in [6.45, 7) is 3.96. The quantitative estimate of drug-likeness (QED) is 0.804. The summed E-state index contributed by atoms with van der Waals surface area (Å²) in [7, 11) is 0. The van der Waals surface area contributed by atoms with Gasteiger partial charge in [-0.2, -0.15) is 0 Å². The van der Waals surface area contributed by atoms with Gasteiger partial charge in [-0.3, -0.25) is 4.79 Å². The van der Waals surface area contributed by atoms with Crippen LogP contribution in [0.3, 0.4) is 0 Å². The molecule has 3 aromatic rings. The lowest BCUT2D eigenvalue weighted by Gasteiger charge is -2.07. The predicted molar refractivity (Wildman–Crippen MR) is 82.2 cm³/mol. The fourth-order valence-corrected chi connectivity index (χ4v) is 2.25. The van der Waals surface area contributed by atoms with Crippen molar-refractivity contribution in [3.05, 3.63) is 53.6 Å². The van der Waals surface area contributed by atoms with Crippen LogP contribution in [0.15, 0.2) is 36.4 Å². The molecule has 0 bridgehead atoms. The Hall–Kier alpha value is -2.83. The number of benzene rings is 2. The van der Waals surface area contributed by atoms with Gasteiger partial charge in [0.2, 0.25) is 0 Å². The van der Waals surface area contributed by atoms with Crippen LogP contribution in [0.25, 0.3) is 11.0 Å². The van der Waals surface area contributed by atoms with Gasteiger partial charge in [0.15, 0.2) is 0 Å². The van der Waals surface area contributed by atoms with E-state index in [4.69, 9.17) is 0 Å². The summed E-state index contributed by atoms with van der Waals surface area (Å²) < 4.78 is 28.2. The van der Waals surface area contributed by atoms with E-state index < -0.39 is 17.5 Å². The lowest BCUT2D eigenvalue weighted by molar-refractivity contribution is 0.102. The number of carbonyl (C=O) groups is 1. The second-order valence-electron chi connectivity index (χ2n) is 5.41. The number of nitrogens with zero attached hydrogens (tertiary/aromatic N) is 3. The van der Waals surface area contributed by atoms with Crippen molar-refractivity contribution in [3.63, 3.8) is 0 Å². The van der Waals surface area contributed by atoms with Crippen LogP contribution in [-0.2, 0) is 0 Å². The van der Waals surface area contributed by atoms with Gasteiger partial charge >= 0.3 is 0 Å². The third-order valence-corrected chi connectivity index (χ3v) is 3.40. The normalized spacial score (nSPS) is 11.2. The molecule has 1 heterocycles. The Morgan fingerprint density at radius 2 is 1.96 bits per heavy atom. The molecule has 0 fully saturated rings. The molecule has 0 unspecified atom stereocenters. The monoisotopic (exact) mass is 316 g/mol. The minimum Gasteiger partial charge on any atom is -0.319 e. The van der Waals surface area contributed by atoms with Gasteiger partial charge in [0, 0.05) is 17.7 Å². The minimum absolute atomic E-state index is 0.0812. The molecule has 0 atom stereocenters. The SMILES string of the molecule is CC(C)n1nnc2cc(C(=O)Nc3ccc(F)cc3F)ccc21. The highest BCUT2D eigenvalue weighted by molar-refractivity contribution is 6.05. The summed E-state index contributed by atoms with van der Waals surface area (Å²) in [5.74, 6) is -2.03. The second-order valence-corrected chi connectivity index (χ2v) is 5.41. The van der Waals surface area contributed by atoms with Gasteiger partial charge in [-0.05, 0) is 44.2 Å². The number of rotatable bonds is 3. The van der Waals surface area contributed by atoms with Crippen molar-refractivity contribution in [2.45, 2.75) is 19.9 Å². The number of fused-ring (bicyclic) bond motifs is 1. The van der Waals surface area contributed by atoms with Gasteiger partial charge in [0.1, 0.15) is 17.2 Å². The molecule has 7 heteroatoms. The fraction of sp³-hybridized carbons (Fsp3) is 0.188. The smallest absolute Gasteiger partial charge is 0.255 e. The Labute approximate surface area is 130 Å². The predicted octanol–water partition coefficient (Wildman–Crippen LogP) is 3.54. The van der Waals surface area contributed by atoms with Crippen LogP contribution in [0.1, 0.15) is 30.2 Å². The van der Waals surface area contributed by atoms with Gasteiger partial charge in [0.05, 0.1) is 11.2 Å². The molecule has 1 amide bonds. The Balaban J connectivity index is 1.89. The molecule has 0 saturated heterocycles. The number of anilines is 1. The molecule has 1 aromatic heterocycles. The molecule has 0 radical (unpaired) electrons. The largest absolute Gasteiger partial charge is 0.319 e. The number of nitrogens with one attached hydrogen (secondary N) is 1. The van der Waals surface area contributed by atoms with Gasteiger partial charge < -0.3 is 5.32 Å². The van der Waals surface area contributed by atoms with Gasteiger partial charge in [-0.25, -0.2) is 13.5 Å². The third kappa shape index (κ3) is 2.90. The Morgan fingerprint density at radius 3 is 2.65 bits per heavy atom. The van der Waals surface area contributed by atoms with E-state index in [2.05, 4.69) is 15.6 Å². The number of amides is 1. The molecular weight excluding hydrogens is 302 g/mol. The van der Waals surface area contributed by atoms with Crippen LogP contribution in [0.5, 0.6) is 0 Å². The first-order valence-electron chi connectivity index (χ1n) is 7.07. The van der Waals surface area contributed by atoms with E-state index >= 15 is 0 Å². The van der Waals surface area contributed by atoms with Crippen molar-refractivity contribution < 1.29 is 13.6 Å². The average Bonchev–Trinajstić information content (AvgIpc) is 2.93. The topological polar surface area (TPSA) is 59.8 Å². The second kappa shape index (κ2) is 5.75. The molecule has 0 aliphatic rings. The van der Waals surface area contributed by atoms with Crippen LogP contribution >= 0.6 is 0 Å². The van der Waals surface area contributed by atoms with Crippen molar-refractivity contribution in [1.82, 2.24) is 15.0 Å². The van der Waals surface area contributed by atoms with E-state index in [1.807, 2.05) is 13.8 Å². The highest BCUT2D eigenvalue weighted by Crippen LogP contribution is 2.19. The zero-order chi connectivity index (χ0) is 16.6. The maximum absolute atomic E-state index is 13.6. The zero-order valence-electron chi connectivity index (χ0n) is 12.5. The molecule has 23 heavy (non-hydrogen) atoms. The van der Waals surface area contributed by atoms with Gasteiger partial charge in [-0.1, -0.05) is 5.21 Å². The van der Waals surface area contributed by atoms with Crippen LogP contribution in [0.2, 0.25) is 0 Å². The molecule has 118 valence electrons. The van der Waals surface area contributed by atoms with Crippen LogP contribution in [0.4, 0.5) is 14.5 Å². The van der Waals surface area contributed by atoms with Crippen LogP contribution in [0, 0.1) is 11.6 Å². The summed E-state index contributed by atoms with van der Waals surface area (Å²) in [6, 6.07) is 8.05. The molecule has 0 aliphatic carbocycles. The van der Waals surface area contributed by atoms with Crippen molar-refractivity contribution in [3.8, 4) is 0 Å². The van der Waals surface area contributed by atoms with Crippen LogP contribution < -0.4 is 5.32 Å². The Morgan fingerprint density at radius 1 is 1.17 bits per heavy atom. The van der Waals surface area contributed by atoms with E-state index in [-0.39, 0.29) is 11.7 Å². The summed E-state index contributed by atoms with van der Waals surface area (Å²) in [4.78, 5) is 12.2. The van der Waals surface area contributed by atoms with E-state index in [1.165, 1.54) is 6.07 Å². The maximum atomic E-state index is 13.6. The summed E-state index contributed by atoms with van der Waals surface area (Å²) in [5.41, 5.74) is 1.62. The fourth-order valence-electron chi connectivity index (χ4n) is 2.25. The van der Waals surface area contributed by atoms with Crippen molar-refractivity contribution >= 4 is 22.6 Å². The van der Waals surface area contributed by atoms with Crippen molar-refractivity contribution in [1.29, 1.82) is 0 Å². The first kappa shape index (κ1) is 15.1. The summed E-state index contributed by atoms with van der Waals surface area (Å²) in [5, 5.41) is 10.5. The third-order valence-electron chi connectivity index (χ3n) is 3.40. The average molecular weight is 316 g/mol. The highest BCUT2D eigenvalue weighted by atomic mass is 19.1.